The summed E-state index contributed by atoms with van der Waals surface area (Å²) in [6, 6.07) is 19.1. The Labute approximate surface area is 153 Å². The molecule has 1 heterocycles. The Morgan fingerprint density at radius 2 is 1.62 bits per heavy atom. The number of nitrogens with one attached hydrogen (secondary N) is 1. The number of rotatable bonds is 7. The molecule has 1 saturated heterocycles. The molecule has 0 aromatic heterocycles. The van der Waals surface area contributed by atoms with Gasteiger partial charge in [-0.3, -0.25) is 14.5 Å². The van der Waals surface area contributed by atoms with Gasteiger partial charge in [0, 0.05) is 13.0 Å². The summed E-state index contributed by atoms with van der Waals surface area (Å²) in [4.78, 5) is 25.7. The van der Waals surface area contributed by atoms with Crippen LogP contribution in [0.3, 0.4) is 0 Å². The van der Waals surface area contributed by atoms with Crippen LogP contribution >= 0.6 is 0 Å². The smallest absolute Gasteiger partial charge is 0.320 e. The van der Waals surface area contributed by atoms with Crippen LogP contribution in [-0.4, -0.2) is 41.0 Å². The molecule has 0 aliphatic carbocycles. The van der Waals surface area contributed by atoms with Gasteiger partial charge in [-0.15, -0.1) is 0 Å². The Bertz CT molecular complexity index is 694. The van der Waals surface area contributed by atoms with Gasteiger partial charge in [0.15, 0.2) is 0 Å². The average molecular weight is 352 g/mol. The number of hydrogen-bond donors (Lipinski definition) is 2. The van der Waals surface area contributed by atoms with E-state index in [2.05, 4.69) is 5.32 Å². The van der Waals surface area contributed by atoms with Crippen molar-refractivity contribution in [1.29, 1.82) is 0 Å². The summed E-state index contributed by atoms with van der Waals surface area (Å²) in [5.41, 5.74) is 2.05. The van der Waals surface area contributed by atoms with Gasteiger partial charge in [-0.25, -0.2) is 0 Å². The highest BCUT2D eigenvalue weighted by molar-refractivity contribution is 5.77. The molecule has 0 unspecified atom stereocenters. The van der Waals surface area contributed by atoms with Gasteiger partial charge < -0.3 is 10.4 Å². The van der Waals surface area contributed by atoms with Crippen LogP contribution in [0, 0.1) is 0 Å². The molecule has 5 heteroatoms. The fraction of sp³-hybridized carbons (Fsp3) is 0.333. The first kappa shape index (κ1) is 18.1. The lowest BCUT2D eigenvalue weighted by atomic mass is 9.98. The molecule has 1 atom stereocenters. The van der Waals surface area contributed by atoms with Crippen LogP contribution in [0.15, 0.2) is 60.7 Å². The number of likely N-dealkylation sites (tertiary alicyclic amines) is 1. The predicted octanol–water partition coefficient (Wildman–Crippen LogP) is 2.83. The number of aliphatic carboxylic acids is 1. The van der Waals surface area contributed by atoms with Crippen molar-refractivity contribution in [2.24, 2.45) is 0 Å². The fourth-order valence-corrected chi connectivity index (χ4v) is 3.50. The van der Waals surface area contributed by atoms with E-state index in [9.17, 15) is 14.7 Å². The molecule has 0 spiro atoms. The molecular formula is C21H24N2O3. The van der Waals surface area contributed by atoms with Crippen molar-refractivity contribution in [3.05, 3.63) is 71.8 Å². The van der Waals surface area contributed by atoms with E-state index in [1.165, 1.54) is 0 Å². The summed E-state index contributed by atoms with van der Waals surface area (Å²) in [5.74, 6) is -0.867. The molecule has 5 nitrogen and oxygen atoms in total. The number of carboxylic acid groups (broad SMARTS) is 1. The van der Waals surface area contributed by atoms with E-state index < -0.39 is 12.0 Å². The van der Waals surface area contributed by atoms with E-state index >= 15 is 0 Å². The fourth-order valence-electron chi connectivity index (χ4n) is 3.50. The standard InChI is InChI=1S/C21H24N2O3/c24-19(13-15-23-14-7-12-18(23)21(25)26)22-20(16-8-3-1-4-9-16)17-10-5-2-6-11-17/h1-6,8-11,18,20H,7,12-15H2,(H,22,24)(H,25,26)/t18-/m1/s1. The molecule has 0 bridgehead atoms. The predicted molar refractivity (Wildman–Crippen MR) is 99.7 cm³/mol. The number of benzene rings is 2. The Morgan fingerprint density at radius 3 is 2.15 bits per heavy atom. The van der Waals surface area contributed by atoms with Gasteiger partial charge in [0.2, 0.25) is 5.91 Å². The van der Waals surface area contributed by atoms with E-state index in [1.807, 2.05) is 65.6 Å². The van der Waals surface area contributed by atoms with Crippen LogP contribution in [-0.2, 0) is 9.59 Å². The summed E-state index contributed by atoms with van der Waals surface area (Å²) in [6.45, 7) is 1.21. The number of carbonyl (C=O) groups is 2. The van der Waals surface area contributed by atoms with Crippen LogP contribution in [0.1, 0.15) is 36.4 Å². The SMILES string of the molecule is O=C(CCN1CCC[C@@H]1C(=O)O)NC(c1ccccc1)c1ccccc1. The zero-order chi connectivity index (χ0) is 18.4. The minimum absolute atomic E-state index is 0.0706. The van der Waals surface area contributed by atoms with Gasteiger partial charge in [0.25, 0.3) is 0 Å². The van der Waals surface area contributed by atoms with Crippen LogP contribution in [0.25, 0.3) is 0 Å². The van der Waals surface area contributed by atoms with Gasteiger partial charge in [-0.05, 0) is 30.5 Å². The second kappa shape index (κ2) is 8.63. The van der Waals surface area contributed by atoms with Crippen molar-refractivity contribution in [1.82, 2.24) is 10.2 Å². The Balaban J connectivity index is 1.65. The molecule has 1 aliphatic heterocycles. The maximum Gasteiger partial charge on any atom is 0.320 e. The summed E-state index contributed by atoms with van der Waals surface area (Å²) in [6.07, 6.45) is 1.82. The lowest BCUT2D eigenvalue weighted by Crippen LogP contribution is -2.39. The largest absolute Gasteiger partial charge is 0.480 e. The highest BCUT2D eigenvalue weighted by Crippen LogP contribution is 2.22. The number of carbonyl (C=O) groups excluding carboxylic acids is 1. The topological polar surface area (TPSA) is 69.6 Å². The highest BCUT2D eigenvalue weighted by Gasteiger charge is 2.30. The maximum absolute atomic E-state index is 12.5. The zero-order valence-corrected chi connectivity index (χ0v) is 14.7. The van der Waals surface area contributed by atoms with Gasteiger partial charge in [-0.1, -0.05) is 60.7 Å². The second-order valence-corrected chi connectivity index (χ2v) is 6.60. The van der Waals surface area contributed by atoms with Crippen molar-refractivity contribution in [2.75, 3.05) is 13.1 Å². The molecule has 0 radical (unpaired) electrons. The number of carboxylic acids is 1. The third-order valence-electron chi connectivity index (χ3n) is 4.85. The van der Waals surface area contributed by atoms with E-state index in [4.69, 9.17) is 0 Å². The summed E-state index contributed by atoms with van der Waals surface area (Å²) in [7, 11) is 0. The first-order valence-corrected chi connectivity index (χ1v) is 9.01. The molecule has 2 aromatic rings. The van der Waals surface area contributed by atoms with Crippen molar-refractivity contribution >= 4 is 11.9 Å². The van der Waals surface area contributed by atoms with Crippen molar-refractivity contribution in [3.8, 4) is 0 Å². The Kier molecular flexibility index (Phi) is 6.02. The highest BCUT2D eigenvalue weighted by atomic mass is 16.4. The molecular weight excluding hydrogens is 328 g/mol. The summed E-state index contributed by atoms with van der Waals surface area (Å²) in [5, 5.41) is 12.4. The van der Waals surface area contributed by atoms with Crippen molar-refractivity contribution < 1.29 is 14.7 Å². The van der Waals surface area contributed by atoms with Crippen molar-refractivity contribution in [3.63, 3.8) is 0 Å². The van der Waals surface area contributed by atoms with Crippen LogP contribution < -0.4 is 5.32 Å². The van der Waals surface area contributed by atoms with E-state index in [0.717, 1.165) is 24.1 Å². The van der Waals surface area contributed by atoms with Crippen LogP contribution in [0.5, 0.6) is 0 Å². The first-order chi connectivity index (χ1) is 12.6. The lowest BCUT2D eigenvalue weighted by Gasteiger charge is -2.23. The molecule has 1 fully saturated rings. The molecule has 1 amide bonds. The third-order valence-corrected chi connectivity index (χ3v) is 4.85. The minimum Gasteiger partial charge on any atom is -0.480 e. The average Bonchev–Trinajstić information content (AvgIpc) is 3.15. The van der Waals surface area contributed by atoms with Crippen LogP contribution in [0.4, 0.5) is 0 Å². The summed E-state index contributed by atoms with van der Waals surface area (Å²) >= 11 is 0. The molecule has 2 N–H and O–H groups in total. The van der Waals surface area contributed by atoms with Gasteiger partial charge in [-0.2, -0.15) is 0 Å². The normalized spacial score (nSPS) is 17.3. The monoisotopic (exact) mass is 352 g/mol. The van der Waals surface area contributed by atoms with E-state index in [0.29, 0.717) is 19.4 Å². The maximum atomic E-state index is 12.5. The molecule has 26 heavy (non-hydrogen) atoms. The van der Waals surface area contributed by atoms with Gasteiger partial charge in [0.05, 0.1) is 6.04 Å². The molecule has 3 rings (SSSR count). The molecule has 136 valence electrons. The number of nitrogens with zero attached hydrogens (tertiary/aromatic N) is 1. The number of amides is 1. The molecule has 0 saturated carbocycles. The van der Waals surface area contributed by atoms with Crippen molar-refractivity contribution in [2.45, 2.75) is 31.3 Å². The summed E-state index contributed by atoms with van der Waals surface area (Å²) < 4.78 is 0. The Morgan fingerprint density at radius 1 is 1.04 bits per heavy atom. The first-order valence-electron chi connectivity index (χ1n) is 9.01. The quantitative estimate of drug-likeness (QED) is 0.804. The van der Waals surface area contributed by atoms with E-state index in [-0.39, 0.29) is 11.9 Å². The second-order valence-electron chi connectivity index (χ2n) is 6.60. The third kappa shape index (κ3) is 4.49. The Hall–Kier alpha value is -2.66. The lowest BCUT2D eigenvalue weighted by molar-refractivity contribution is -0.142. The van der Waals surface area contributed by atoms with Gasteiger partial charge in [0.1, 0.15) is 6.04 Å². The molecule has 2 aromatic carbocycles. The number of hydrogen-bond acceptors (Lipinski definition) is 3. The van der Waals surface area contributed by atoms with Crippen LogP contribution in [0.2, 0.25) is 0 Å². The van der Waals surface area contributed by atoms with Gasteiger partial charge >= 0.3 is 5.97 Å². The minimum atomic E-state index is -0.797. The molecule has 1 aliphatic rings. The van der Waals surface area contributed by atoms with E-state index in [1.54, 1.807) is 0 Å². The zero-order valence-electron chi connectivity index (χ0n) is 14.7.